The van der Waals surface area contributed by atoms with Gasteiger partial charge in [-0.1, -0.05) is 47.5 Å². The van der Waals surface area contributed by atoms with E-state index in [1.807, 2.05) is 0 Å². The molecule has 0 saturated heterocycles. The molecule has 0 saturated carbocycles. The summed E-state index contributed by atoms with van der Waals surface area (Å²) >= 11 is 0. The zero-order valence-electron chi connectivity index (χ0n) is 26.1. The number of rotatable bonds is 4. The van der Waals surface area contributed by atoms with Gasteiger partial charge < -0.3 is 31.4 Å². The number of allylic oxidation sites excluding steroid dienone is 2. The fraction of sp³-hybridized carbons (Fsp3) is 0.216. The Hall–Kier alpha value is -4.00. The average molecular weight is 747 g/mol. The zero-order valence-corrected chi connectivity index (χ0v) is 28.3. The van der Waals surface area contributed by atoms with Crippen LogP contribution in [0.3, 0.4) is 0 Å². The molecule has 0 fully saturated rings. The number of benzene rings is 4. The minimum absolute atomic E-state index is 0. The number of hydrogen-bond acceptors (Lipinski definition) is 5. The first-order valence-electron chi connectivity index (χ1n) is 14.2. The van der Waals surface area contributed by atoms with Crippen molar-refractivity contribution in [3.8, 4) is 0 Å². The second-order valence-electron chi connectivity index (χ2n) is 11.3. The monoisotopic (exact) mass is 746 g/mol. The largest absolute Gasteiger partial charge is 4.00 e. The van der Waals surface area contributed by atoms with Crippen molar-refractivity contribution in [3.63, 3.8) is 0 Å². The van der Waals surface area contributed by atoms with Crippen molar-refractivity contribution in [3.05, 3.63) is 137 Å². The maximum absolute atomic E-state index is 6.25. The Balaban J connectivity index is 0.00000138. The van der Waals surface area contributed by atoms with Crippen LogP contribution in [0.1, 0.15) is 47.2 Å². The molecule has 6 rings (SSSR count). The van der Waals surface area contributed by atoms with Gasteiger partial charge in [-0.3, -0.25) is 0 Å². The molecule has 0 N–H and O–H groups in total. The summed E-state index contributed by atoms with van der Waals surface area (Å²) in [6, 6.07) is 27.8. The molecule has 4 aromatic rings. The van der Waals surface area contributed by atoms with Crippen molar-refractivity contribution in [1.82, 2.24) is 0 Å². The maximum atomic E-state index is 6.25. The number of anilines is 6. The van der Waals surface area contributed by atoms with E-state index in [0.29, 0.717) is 0 Å². The van der Waals surface area contributed by atoms with Crippen LogP contribution in [0.2, 0.25) is 0 Å². The van der Waals surface area contributed by atoms with Crippen LogP contribution in [-0.2, 0) is 21.1 Å². The van der Waals surface area contributed by atoms with E-state index in [0.717, 1.165) is 17.1 Å². The Morgan fingerprint density at radius 3 is 1.44 bits per heavy atom. The van der Waals surface area contributed by atoms with Crippen molar-refractivity contribution in [2.75, 3.05) is 19.6 Å². The summed E-state index contributed by atoms with van der Waals surface area (Å²) < 4.78 is 0. The molecule has 5 nitrogen and oxygen atoms in total. The van der Waals surface area contributed by atoms with Gasteiger partial charge in [0.05, 0.1) is 0 Å². The molecule has 2 aliphatic rings. The summed E-state index contributed by atoms with van der Waals surface area (Å²) in [5.41, 5.74) is 17.0. The third-order valence-electron chi connectivity index (χ3n) is 8.15. The van der Waals surface area contributed by atoms with Gasteiger partial charge in [-0.15, -0.1) is 42.9 Å². The van der Waals surface area contributed by atoms with Gasteiger partial charge in [0.25, 0.3) is 0 Å². The Bertz CT molecular complexity index is 1670. The van der Waals surface area contributed by atoms with Gasteiger partial charge in [-0.2, -0.15) is 6.07 Å². The third kappa shape index (κ3) is 5.69. The van der Waals surface area contributed by atoms with Crippen LogP contribution < -0.4 is 19.6 Å². The molecule has 0 bridgehead atoms. The van der Waals surface area contributed by atoms with E-state index < -0.39 is 0 Å². The molecule has 2 heterocycles. The SMILES string of the molecule is CC1=C(C)N(c2c(C)cc(C)cc2C)[CH-]N1c1[c-]c(N2[CH-]N(c3c(C)cc(C)cc3C)c3ccccc32)ccc1.[C-]#N.[Pt+4]. The van der Waals surface area contributed by atoms with Crippen LogP contribution >= 0.6 is 0 Å². The predicted molar refractivity (Wildman–Crippen MR) is 174 cm³/mol. The van der Waals surface area contributed by atoms with Crippen LogP contribution in [-0.4, -0.2) is 0 Å². The second kappa shape index (κ2) is 12.7. The van der Waals surface area contributed by atoms with Crippen molar-refractivity contribution in [1.29, 1.82) is 5.26 Å². The predicted octanol–water partition coefficient (Wildman–Crippen LogP) is 9.54. The van der Waals surface area contributed by atoms with Crippen molar-refractivity contribution >= 4 is 34.1 Å². The van der Waals surface area contributed by atoms with E-state index in [-0.39, 0.29) is 21.1 Å². The quantitative estimate of drug-likeness (QED) is 0.195. The number of para-hydroxylation sites is 2. The van der Waals surface area contributed by atoms with Crippen LogP contribution in [0.4, 0.5) is 34.1 Å². The minimum atomic E-state index is 0. The van der Waals surface area contributed by atoms with E-state index in [4.69, 9.17) is 11.8 Å². The Morgan fingerprint density at radius 1 is 0.535 bits per heavy atom. The van der Waals surface area contributed by atoms with Crippen LogP contribution in [0, 0.1) is 72.8 Å². The number of nitrogens with zero attached hydrogens (tertiary/aromatic N) is 5. The zero-order chi connectivity index (χ0) is 30.3. The molecule has 0 aliphatic carbocycles. The molecule has 0 radical (unpaired) electrons. The van der Waals surface area contributed by atoms with Gasteiger partial charge in [0.1, 0.15) is 0 Å². The standard InChI is InChI=1S/C36H37N4.CN.Pt/c1-23-16-25(3)35(26(4)17-23)38-21-37(29(7)30(38)8)31-12-11-13-32(20-31)39-22-40(34-15-10-9-14-33(34)39)36-27(5)18-24(2)19-28(36)6;1-2;/h9-19,21-22H,1-8H3;;/q-3;-1;+4. The van der Waals surface area contributed by atoms with Crippen molar-refractivity contribution in [2.45, 2.75) is 55.4 Å². The van der Waals surface area contributed by atoms with Crippen LogP contribution in [0.25, 0.3) is 0 Å². The first-order chi connectivity index (χ1) is 20.1. The van der Waals surface area contributed by atoms with Gasteiger partial charge in [0.2, 0.25) is 0 Å². The molecule has 0 atom stereocenters. The minimum Gasteiger partial charge on any atom is -0.512 e. The molecule has 220 valence electrons. The van der Waals surface area contributed by atoms with Crippen molar-refractivity contribution < 1.29 is 21.1 Å². The first kappa shape index (κ1) is 31.9. The fourth-order valence-electron chi connectivity index (χ4n) is 6.42. The Morgan fingerprint density at radius 2 is 0.930 bits per heavy atom. The van der Waals surface area contributed by atoms with Gasteiger partial charge in [-0.05, 0) is 89.8 Å². The van der Waals surface area contributed by atoms with Crippen LogP contribution in [0.5, 0.6) is 0 Å². The molecule has 43 heavy (non-hydrogen) atoms. The average Bonchev–Trinajstić information content (AvgIpc) is 3.47. The number of fused-ring (bicyclic) bond motifs is 1. The van der Waals surface area contributed by atoms with E-state index >= 15 is 0 Å². The third-order valence-corrected chi connectivity index (χ3v) is 8.15. The molecular weight excluding hydrogens is 710 g/mol. The first-order valence-corrected chi connectivity index (χ1v) is 14.2. The fourth-order valence-corrected chi connectivity index (χ4v) is 6.42. The van der Waals surface area contributed by atoms with E-state index in [1.165, 1.54) is 61.8 Å². The molecule has 0 unspecified atom stereocenters. The normalized spacial score (nSPS) is 14.0. The summed E-state index contributed by atoms with van der Waals surface area (Å²) in [7, 11) is 0. The summed E-state index contributed by atoms with van der Waals surface area (Å²) in [5.74, 6) is 0. The van der Waals surface area contributed by atoms with Crippen molar-refractivity contribution in [2.24, 2.45) is 0 Å². The number of hydrogen-bond donors (Lipinski definition) is 0. The maximum Gasteiger partial charge on any atom is 4.00 e. The van der Waals surface area contributed by atoms with E-state index in [1.54, 1.807) is 0 Å². The van der Waals surface area contributed by atoms with E-state index in [9.17, 15) is 0 Å². The van der Waals surface area contributed by atoms with Gasteiger partial charge in [-0.25, -0.2) is 0 Å². The summed E-state index contributed by atoms with van der Waals surface area (Å²) in [6.45, 7) is 26.7. The summed E-state index contributed by atoms with van der Waals surface area (Å²) in [4.78, 5) is 9.15. The van der Waals surface area contributed by atoms with Crippen LogP contribution in [0.15, 0.2) is 78.1 Å². The van der Waals surface area contributed by atoms with Gasteiger partial charge >= 0.3 is 21.1 Å². The van der Waals surface area contributed by atoms with E-state index in [2.05, 4.69) is 161 Å². The Labute approximate surface area is 271 Å². The molecule has 0 amide bonds. The topological polar surface area (TPSA) is 36.8 Å². The molecule has 0 aromatic heterocycles. The molecule has 2 aliphatic heterocycles. The van der Waals surface area contributed by atoms with Gasteiger partial charge in [0, 0.05) is 34.1 Å². The molecular formula is C37H37N5Pt. The molecule has 0 spiro atoms. The molecule has 4 aromatic carbocycles. The smallest absolute Gasteiger partial charge is 0.512 e. The second-order valence-corrected chi connectivity index (χ2v) is 11.3. The summed E-state index contributed by atoms with van der Waals surface area (Å²) in [6.07, 6.45) is 0. The summed E-state index contributed by atoms with van der Waals surface area (Å²) in [5, 5.41) is 6.25. The van der Waals surface area contributed by atoms with Gasteiger partial charge in [0.15, 0.2) is 0 Å². The Kier molecular flexibility index (Phi) is 9.43. The molecule has 6 heteroatoms. The number of aryl methyl sites for hydroxylation is 6.